The van der Waals surface area contributed by atoms with Crippen molar-refractivity contribution in [2.75, 3.05) is 7.11 Å². The molecule has 0 aliphatic carbocycles. The summed E-state index contributed by atoms with van der Waals surface area (Å²) in [4.78, 5) is 18.9. The van der Waals surface area contributed by atoms with Gasteiger partial charge >= 0.3 is 0 Å². The smallest absolute Gasteiger partial charge is 0.264 e. The van der Waals surface area contributed by atoms with Crippen molar-refractivity contribution in [3.63, 3.8) is 0 Å². The summed E-state index contributed by atoms with van der Waals surface area (Å²) in [5, 5.41) is 0. The molecule has 2 aromatic rings. The zero-order chi connectivity index (χ0) is 13.3. The van der Waals surface area contributed by atoms with Crippen molar-refractivity contribution in [3.8, 4) is 17.1 Å². The van der Waals surface area contributed by atoms with Gasteiger partial charge in [-0.2, -0.15) is 0 Å². The summed E-state index contributed by atoms with van der Waals surface area (Å²) in [5.41, 5.74) is 2.52. The number of halogens is 1. The lowest BCUT2D eigenvalue weighted by Gasteiger charge is -2.08. The summed E-state index contributed by atoms with van der Waals surface area (Å²) in [6.45, 7) is 3.79. The van der Waals surface area contributed by atoms with Gasteiger partial charge in [-0.25, -0.2) is 4.98 Å². The quantitative estimate of drug-likeness (QED) is 0.842. The summed E-state index contributed by atoms with van der Waals surface area (Å²) in [6.07, 6.45) is 0. The van der Waals surface area contributed by atoms with E-state index in [1.807, 2.05) is 54.6 Å². The van der Waals surface area contributed by atoms with Crippen LogP contribution in [-0.2, 0) is 0 Å². The van der Waals surface area contributed by atoms with Crippen molar-refractivity contribution in [1.29, 1.82) is 0 Å². The second kappa shape index (κ2) is 5.09. The molecule has 94 valence electrons. The molecule has 0 saturated heterocycles. The van der Waals surface area contributed by atoms with Gasteiger partial charge in [0.15, 0.2) is 0 Å². The minimum atomic E-state index is -0.105. The number of methoxy groups -OCH3 is 1. The molecule has 0 aliphatic rings. The van der Waals surface area contributed by atoms with Gasteiger partial charge < -0.3 is 9.72 Å². The second-order valence-electron chi connectivity index (χ2n) is 4.00. The van der Waals surface area contributed by atoms with Gasteiger partial charge in [-0.05, 0) is 60.2 Å². The summed E-state index contributed by atoms with van der Waals surface area (Å²) in [6, 6.07) is 5.71. The lowest BCUT2D eigenvalue weighted by atomic mass is 10.1. The topological polar surface area (TPSA) is 55.0 Å². The van der Waals surface area contributed by atoms with Gasteiger partial charge in [0, 0.05) is 5.56 Å². The lowest BCUT2D eigenvalue weighted by molar-refractivity contribution is 0.412. The Balaban J connectivity index is 2.56. The molecule has 0 spiro atoms. The molecule has 18 heavy (non-hydrogen) atoms. The van der Waals surface area contributed by atoms with E-state index in [-0.39, 0.29) is 5.56 Å². The summed E-state index contributed by atoms with van der Waals surface area (Å²) < 4.78 is 5.84. The molecule has 0 fully saturated rings. The maximum atomic E-state index is 11.7. The highest BCUT2D eigenvalue weighted by Gasteiger charge is 2.08. The average molecular weight is 356 g/mol. The minimum Gasteiger partial charge on any atom is -0.496 e. The van der Waals surface area contributed by atoms with Crippen LogP contribution < -0.4 is 10.3 Å². The average Bonchev–Trinajstić information content (AvgIpc) is 2.35. The first-order chi connectivity index (χ1) is 8.52. The highest BCUT2D eigenvalue weighted by molar-refractivity contribution is 14.1. The molecule has 1 N–H and O–H groups in total. The van der Waals surface area contributed by atoms with Crippen molar-refractivity contribution >= 4 is 22.6 Å². The zero-order valence-electron chi connectivity index (χ0n) is 10.4. The number of ether oxygens (including phenoxy) is 1. The van der Waals surface area contributed by atoms with E-state index in [4.69, 9.17) is 4.74 Å². The number of aryl methyl sites for hydroxylation is 2. The molecule has 1 heterocycles. The number of H-pyrrole nitrogens is 1. The number of aromatic amines is 1. The molecule has 5 heteroatoms. The molecule has 1 aromatic carbocycles. The largest absolute Gasteiger partial charge is 0.496 e. The number of benzene rings is 1. The normalized spacial score (nSPS) is 10.4. The molecule has 0 bridgehead atoms. The van der Waals surface area contributed by atoms with E-state index >= 15 is 0 Å². The molecule has 0 unspecified atom stereocenters. The zero-order valence-corrected chi connectivity index (χ0v) is 12.5. The van der Waals surface area contributed by atoms with Crippen LogP contribution in [0.4, 0.5) is 0 Å². The van der Waals surface area contributed by atoms with Crippen molar-refractivity contribution in [2.45, 2.75) is 13.8 Å². The van der Waals surface area contributed by atoms with Crippen LogP contribution in [0.15, 0.2) is 23.0 Å². The maximum Gasteiger partial charge on any atom is 0.264 e. The highest BCUT2D eigenvalue weighted by atomic mass is 127. The fourth-order valence-electron chi connectivity index (χ4n) is 1.73. The van der Waals surface area contributed by atoms with Gasteiger partial charge in [0.1, 0.15) is 11.6 Å². The number of hydrogen-bond donors (Lipinski definition) is 1. The predicted octanol–water partition coefficient (Wildman–Crippen LogP) is 2.67. The standard InChI is InChI=1S/C13H13IN2O2/c1-7-6-9(4-5-10(7)18-3)12-15-8(2)11(14)13(17)16-12/h4-6H,1-3H3,(H,15,16,17). The molecule has 0 amide bonds. The van der Waals surface area contributed by atoms with E-state index in [2.05, 4.69) is 9.97 Å². The fourth-order valence-corrected chi connectivity index (χ4v) is 1.99. The number of nitrogens with one attached hydrogen (secondary N) is 1. The first-order valence-electron chi connectivity index (χ1n) is 5.44. The van der Waals surface area contributed by atoms with Crippen LogP contribution in [0, 0.1) is 17.4 Å². The first-order valence-corrected chi connectivity index (χ1v) is 6.52. The first kappa shape index (κ1) is 13.1. The van der Waals surface area contributed by atoms with E-state index in [9.17, 15) is 4.79 Å². The third-order valence-corrected chi connectivity index (χ3v) is 3.97. The van der Waals surface area contributed by atoms with Crippen molar-refractivity contribution < 1.29 is 4.74 Å². The molecule has 2 rings (SSSR count). The summed E-state index contributed by atoms with van der Waals surface area (Å²) >= 11 is 2.00. The Labute approximate surface area is 119 Å². The Morgan fingerprint density at radius 3 is 2.61 bits per heavy atom. The van der Waals surface area contributed by atoms with Crippen LogP contribution in [0.1, 0.15) is 11.3 Å². The lowest BCUT2D eigenvalue weighted by Crippen LogP contribution is -2.14. The van der Waals surface area contributed by atoms with Crippen molar-refractivity contribution in [3.05, 3.63) is 43.4 Å². The fraction of sp³-hybridized carbons (Fsp3) is 0.231. The van der Waals surface area contributed by atoms with Gasteiger partial charge in [0.2, 0.25) is 0 Å². The van der Waals surface area contributed by atoms with Crippen LogP contribution in [0.2, 0.25) is 0 Å². The van der Waals surface area contributed by atoms with Gasteiger partial charge in [0.25, 0.3) is 5.56 Å². The van der Waals surface area contributed by atoms with Crippen LogP contribution in [0.5, 0.6) is 5.75 Å². The molecule has 0 aliphatic heterocycles. The third-order valence-electron chi connectivity index (χ3n) is 2.70. The maximum absolute atomic E-state index is 11.7. The Kier molecular flexibility index (Phi) is 3.70. The molecule has 0 atom stereocenters. The summed E-state index contributed by atoms with van der Waals surface area (Å²) in [5.74, 6) is 1.41. The SMILES string of the molecule is COc1ccc(-c2nc(C)c(I)c(=O)[nH]2)cc1C. The van der Waals surface area contributed by atoms with Gasteiger partial charge in [-0.3, -0.25) is 4.79 Å². The minimum absolute atomic E-state index is 0.105. The Morgan fingerprint density at radius 2 is 2.06 bits per heavy atom. The molecule has 0 radical (unpaired) electrons. The third kappa shape index (κ3) is 2.40. The number of aromatic nitrogens is 2. The van der Waals surface area contributed by atoms with Gasteiger partial charge in [-0.15, -0.1) is 0 Å². The Morgan fingerprint density at radius 1 is 1.33 bits per heavy atom. The van der Waals surface area contributed by atoms with Crippen LogP contribution in [0.3, 0.4) is 0 Å². The molecule has 1 aromatic heterocycles. The second-order valence-corrected chi connectivity index (χ2v) is 5.08. The van der Waals surface area contributed by atoms with Crippen molar-refractivity contribution in [1.82, 2.24) is 9.97 Å². The van der Waals surface area contributed by atoms with E-state index in [1.54, 1.807) is 7.11 Å². The Hall–Kier alpha value is -1.37. The van der Waals surface area contributed by atoms with E-state index in [1.165, 1.54) is 0 Å². The number of hydrogen-bond acceptors (Lipinski definition) is 3. The van der Waals surface area contributed by atoms with Crippen LogP contribution >= 0.6 is 22.6 Å². The molecular weight excluding hydrogens is 343 g/mol. The van der Waals surface area contributed by atoms with E-state index in [0.29, 0.717) is 9.39 Å². The summed E-state index contributed by atoms with van der Waals surface area (Å²) in [7, 11) is 1.64. The van der Waals surface area contributed by atoms with E-state index < -0.39 is 0 Å². The molecule has 0 saturated carbocycles. The van der Waals surface area contributed by atoms with Crippen LogP contribution in [0.25, 0.3) is 11.4 Å². The number of nitrogens with zero attached hydrogens (tertiary/aromatic N) is 1. The van der Waals surface area contributed by atoms with Gasteiger partial charge in [-0.1, -0.05) is 0 Å². The monoisotopic (exact) mass is 356 g/mol. The van der Waals surface area contributed by atoms with Crippen molar-refractivity contribution in [2.24, 2.45) is 0 Å². The predicted molar refractivity (Wildman–Crippen MR) is 79.0 cm³/mol. The Bertz CT molecular complexity index is 650. The molecule has 4 nitrogen and oxygen atoms in total. The number of rotatable bonds is 2. The molecular formula is C13H13IN2O2. The van der Waals surface area contributed by atoms with E-state index in [0.717, 1.165) is 22.6 Å². The van der Waals surface area contributed by atoms with Gasteiger partial charge in [0.05, 0.1) is 16.4 Å². The highest BCUT2D eigenvalue weighted by Crippen LogP contribution is 2.23. The van der Waals surface area contributed by atoms with Crippen LogP contribution in [-0.4, -0.2) is 17.1 Å².